The second-order valence-electron chi connectivity index (χ2n) is 7.04. The molecular formula is C22H23NO6. The Hall–Kier alpha value is -3.22. The summed E-state index contributed by atoms with van der Waals surface area (Å²) in [4.78, 5) is 23.7. The number of carbonyl (C=O) groups is 2. The van der Waals surface area contributed by atoms with E-state index in [1.807, 2.05) is 42.5 Å². The lowest BCUT2D eigenvalue weighted by atomic mass is 10.1. The zero-order valence-corrected chi connectivity index (χ0v) is 16.0. The smallest absolute Gasteiger partial charge is 0.344 e. The van der Waals surface area contributed by atoms with E-state index in [9.17, 15) is 9.59 Å². The first-order chi connectivity index (χ1) is 14.2. The van der Waals surface area contributed by atoms with Gasteiger partial charge in [-0.25, -0.2) is 4.79 Å². The Morgan fingerprint density at radius 2 is 1.86 bits per heavy atom. The maximum atomic E-state index is 11.9. The van der Waals surface area contributed by atoms with Crippen molar-refractivity contribution in [3.05, 3.63) is 53.6 Å². The van der Waals surface area contributed by atoms with Crippen LogP contribution in [0.4, 0.5) is 0 Å². The lowest BCUT2D eigenvalue weighted by Gasteiger charge is -2.26. The Balaban J connectivity index is 1.14. The van der Waals surface area contributed by atoms with Crippen LogP contribution in [0.15, 0.2) is 42.5 Å². The lowest BCUT2D eigenvalue weighted by Crippen LogP contribution is -2.42. The second-order valence-corrected chi connectivity index (χ2v) is 7.04. The van der Waals surface area contributed by atoms with Gasteiger partial charge in [-0.1, -0.05) is 18.2 Å². The number of nitrogens with one attached hydrogen (secondary N) is 1. The molecule has 1 atom stereocenters. The van der Waals surface area contributed by atoms with Crippen molar-refractivity contribution in [3.8, 4) is 17.2 Å². The molecule has 7 heteroatoms. The maximum Gasteiger partial charge on any atom is 0.344 e. The topological polar surface area (TPSA) is 83.1 Å². The minimum atomic E-state index is -0.591. The molecule has 2 aliphatic rings. The molecule has 2 aromatic carbocycles. The predicted molar refractivity (Wildman–Crippen MR) is 104 cm³/mol. The Bertz CT molecular complexity index is 897. The fourth-order valence-electron chi connectivity index (χ4n) is 3.41. The van der Waals surface area contributed by atoms with Crippen LogP contribution in [0.2, 0.25) is 0 Å². The van der Waals surface area contributed by atoms with Gasteiger partial charge in [0.25, 0.3) is 5.91 Å². The molecule has 4 rings (SSSR count). The highest BCUT2D eigenvalue weighted by Crippen LogP contribution is 2.30. The monoisotopic (exact) mass is 397 g/mol. The number of amides is 1. The van der Waals surface area contributed by atoms with E-state index in [1.54, 1.807) is 0 Å². The fourth-order valence-corrected chi connectivity index (χ4v) is 3.41. The SMILES string of the molecule is O=C(COC(=O)COc1ccc2c(c1)CCC2)NC[C@H]1COc2ccccc2O1. The van der Waals surface area contributed by atoms with Crippen molar-refractivity contribution in [1.82, 2.24) is 5.32 Å². The quantitative estimate of drug-likeness (QED) is 0.720. The zero-order chi connectivity index (χ0) is 20.1. The van der Waals surface area contributed by atoms with Crippen molar-refractivity contribution >= 4 is 11.9 Å². The number of hydrogen-bond donors (Lipinski definition) is 1. The molecule has 1 N–H and O–H groups in total. The van der Waals surface area contributed by atoms with Gasteiger partial charge in [0, 0.05) is 0 Å². The number of para-hydroxylation sites is 2. The molecular weight excluding hydrogens is 374 g/mol. The summed E-state index contributed by atoms with van der Waals surface area (Å²) in [6, 6.07) is 13.2. The lowest BCUT2D eigenvalue weighted by molar-refractivity contribution is -0.150. The molecule has 1 aliphatic heterocycles. The van der Waals surface area contributed by atoms with Crippen molar-refractivity contribution < 1.29 is 28.5 Å². The van der Waals surface area contributed by atoms with Gasteiger partial charge < -0.3 is 24.3 Å². The molecule has 1 aliphatic carbocycles. The molecule has 0 saturated carbocycles. The summed E-state index contributed by atoms with van der Waals surface area (Å²) in [6.07, 6.45) is 2.99. The van der Waals surface area contributed by atoms with Gasteiger partial charge in [-0.2, -0.15) is 0 Å². The number of rotatable bonds is 7. The van der Waals surface area contributed by atoms with Gasteiger partial charge in [0.1, 0.15) is 18.5 Å². The van der Waals surface area contributed by atoms with E-state index in [-0.39, 0.29) is 25.9 Å². The van der Waals surface area contributed by atoms with Crippen molar-refractivity contribution in [2.24, 2.45) is 0 Å². The van der Waals surface area contributed by atoms with Gasteiger partial charge in [-0.05, 0) is 54.7 Å². The van der Waals surface area contributed by atoms with Crippen LogP contribution < -0.4 is 19.5 Å². The minimum absolute atomic E-state index is 0.234. The van der Waals surface area contributed by atoms with Crippen molar-refractivity contribution in [2.75, 3.05) is 26.4 Å². The van der Waals surface area contributed by atoms with Gasteiger partial charge in [0.15, 0.2) is 24.7 Å². The molecule has 29 heavy (non-hydrogen) atoms. The van der Waals surface area contributed by atoms with Gasteiger partial charge in [0.2, 0.25) is 0 Å². The van der Waals surface area contributed by atoms with Crippen LogP contribution in [0.3, 0.4) is 0 Å². The molecule has 2 aromatic rings. The van der Waals surface area contributed by atoms with Crippen LogP contribution >= 0.6 is 0 Å². The van der Waals surface area contributed by atoms with Gasteiger partial charge in [0.05, 0.1) is 6.54 Å². The molecule has 0 fully saturated rings. The largest absolute Gasteiger partial charge is 0.486 e. The van der Waals surface area contributed by atoms with E-state index in [0.29, 0.717) is 23.9 Å². The highest BCUT2D eigenvalue weighted by Gasteiger charge is 2.21. The number of benzene rings is 2. The summed E-state index contributed by atoms with van der Waals surface area (Å²) in [5, 5.41) is 2.68. The van der Waals surface area contributed by atoms with E-state index in [1.165, 1.54) is 11.1 Å². The van der Waals surface area contributed by atoms with E-state index < -0.39 is 11.9 Å². The summed E-state index contributed by atoms with van der Waals surface area (Å²) in [5.74, 6) is 0.979. The summed E-state index contributed by atoms with van der Waals surface area (Å²) < 4.78 is 21.8. The third-order valence-electron chi connectivity index (χ3n) is 4.89. The Morgan fingerprint density at radius 1 is 1.03 bits per heavy atom. The zero-order valence-electron chi connectivity index (χ0n) is 16.0. The minimum Gasteiger partial charge on any atom is -0.486 e. The Morgan fingerprint density at radius 3 is 2.76 bits per heavy atom. The number of ether oxygens (including phenoxy) is 4. The summed E-state index contributed by atoms with van der Waals surface area (Å²) in [5.41, 5.74) is 2.61. The van der Waals surface area contributed by atoms with Crippen LogP contribution in [0.5, 0.6) is 17.2 Å². The number of carbonyl (C=O) groups excluding carboxylic acids is 2. The van der Waals surface area contributed by atoms with Gasteiger partial charge in [-0.15, -0.1) is 0 Å². The first kappa shape index (κ1) is 19.1. The van der Waals surface area contributed by atoms with E-state index in [0.717, 1.165) is 19.3 Å². The van der Waals surface area contributed by atoms with Crippen LogP contribution in [0.1, 0.15) is 17.5 Å². The van der Waals surface area contributed by atoms with Gasteiger partial charge in [-0.3, -0.25) is 4.79 Å². The molecule has 152 valence electrons. The average molecular weight is 397 g/mol. The number of aryl methyl sites for hydroxylation is 2. The third kappa shape index (κ3) is 4.99. The molecule has 0 unspecified atom stereocenters. The fraction of sp³-hybridized carbons (Fsp3) is 0.364. The molecule has 0 radical (unpaired) electrons. The Labute approximate surface area is 168 Å². The summed E-state index contributed by atoms with van der Waals surface area (Å²) in [7, 11) is 0. The second kappa shape index (κ2) is 8.86. The first-order valence-electron chi connectivity index (χ1n) is 9.73. The number of fused-ring (bicyclic) bond motifs is 2. The van der Waals surface area contributed by atoms with Crippen molar-refractivity contribution in [2.45, 2.75) is 25.4 Å². The maximum absolute atomic E-state index is 11.9. The highest BCUT2D eigenvalue weighted by molar-refractivity contribution is 5.80. The van der Waals surface area contributed by atoms with E-state index in [2.05, 4.69) is 5.32 Å². The molecule has 0 spiro atoms. The van der Waals surface area contributed by atoms with Crippen LogP contribution in [-0.4, -0.2) is 44.3 Å². The molecule has 0 aromatic heterocycles. The predicted octanol–water partition coefficient (Wildman–Crippen LogP) is 2.05. The molecule has 0 bridgehead atoms. The molecule has 1 heterocycles. The normalized spacial score (nSPS) is 16.6. The molecule has 7 nitrogen and oxygen atoms in total. The first-order valence-corrected chi connectivity index (χ1v) is 9.73. The van der Waals surface area contributed by atoms with Crippen LogP contribution in [0.25, 0.3) is 0 Å². The summed E-state index contributed by atoms with van der Waals surface area (Å²) >= 11 is 0. The highest BCUT2D eigenvalue weighted by atomic mass is 16.6. The van der Waals surface area contributed by atoms with Crippen molar-refractivity contribution in [3.63, 3.8) is 0 Å². The molecule has 1 amide bonds. The standard InChI is InChI=1S/C22H23NO6/c24-21(23-11-18-12-27-19-6-1-2-7-20(19)29-18)13-28-22(25)14-26-17-9-8-15-4-3-5-16(15)10-17/h1-2,6-10,18H,3-5,11-14H2,(H,23,24)/t18-/m0/s1. The number of hydrogen-bond acceptors (Lipinski definition) is 6. The Kier molecular flexibility index (Phi) is 5.84. The van der Waals surface area contributed by atoms with E-state index in [4.69, 9.17) is 18.9 Å². The molecule has 0 saturated heterocycles. The summed E-state index contributed by atoms with van der Waals surface area (Å²) in [6.45, 7) is 0.00101. The van der Waals surface area contributed by atoms with Crippen LogP contribution in [0, 0.1) is 0 Å². The van der Waals surface area contributed by atoms with Gasteiger partial charge >= 0.3 is 5.97 Å². The average Bonchev–Trinajstić information content (AvgIpc) is 3.22. The van der Waals surface area contributed by atoms with Crippen molar-refractivity contribution in [1.29, 1.82) is 0 Å². The third-order valence-corrected chi connectivity index (χ3v) is 4.89. The number of esters is 1. The van der Waals surface area contributed by atoms with E-state index >= 15 is 0 Å². The van der Waals surface area contributed by atoms with Crippen LogP contribution in [-0.2, 0) is 27.2 Å².